The molecule has 0 radical (unpaired) electrons. The number of nitrogens with one attached hydrogen (secondary N) is 1. The van der Waals surface area contributed by atoms with E-state index in [4.69, 9.17) is 0 Å². The molecule has 2 unspecified atom stereocenters. The fourth-order valence-corrected chi connectivity index (χ4v) is 2.22. The summed E-state index contributed by atoms with van der Waals surface area (Å²) in [5.74, 6) is 1.31. The van der Waals surface area contributed by atoms with Gasteiger partial charge in [0, 0.05) is 6.04 Å². The first kappa shape index (κ1) is 14.2. The van der Waals surface area contributed by atoms with Gasteiger partial charge in [0.05, 0.1) is 0 Å². The lowest BCUT2D eigenvalue weighted by Crippen LogP contribution is -2.30. The van der Waals surface area contributed by atoms with E-state index >= 15 is 0 Å². The van der Waals surface area contributed by atoms with Crippen LogP contribution in [0.1, 0.15) is 51.7 Å². The quantitative estimate of drug-likeness (QED) is 0.783. The zero-order valence-electron chi connectivity index (χ0n) is 12.0. The molecule has 1 aromatic rings. The average molecular weight is 233 g/mol. The Morgan fingerprint density at radius 3 is 2.06 bits per heavy atom. The Bertz CT molecular complexity index is 313. The van der Waals surface area contributed by atoms with Gasteiger partial charge in [-0.05, 0) is 42.9 Å². The maximum atomic E-state index is 3.49. The summed E-state index contributed by atoms with van der Waals surface area (Å²) in [4.78, 5) is 0. The van der Waals surface area contributed by atoms with Crippen molar-refractivity contribution in [3.8, 4) is 0 Å². The molecule has 1 aromatic carbocycles. The van der Waals surface area contributed by atoms with Gasteiger partial charge < -0.3 is 5.32 Å². The van der Waals surface area contributed by atoms with Crippen LogP contribution < -0.4 is 5.32 Å². The molecule has 0 aliphatic carbocycles. The summed E-state index contributed by atoms with van der Waals surface area (Å²) >= 11 is 0. The molecule has 0 amide bonds. The maximum Gasteiger partial charge on any atom is 0.0105 e. The molecule has 0 spiro atoms. The van der Waals surface area contributed by atoms with Crippen molar-refractivity contribution in [2.24, 2.45) is 5.92 Å². The van der Waals surface area contributed by atoms with Crippen LogP contribution in [-0.4, -0.2) is 12.6 Å². The van der Waals surface area contributed by atoms with Crippen LogP contribution in [0, 0.1) is 5.92 Å². The van der Waals surface area contributed by atoms with Gasteiger partial charge in [-0.15, -0.1) is 0 Å². The third kappa shape index (κ3) is 4.51. The van der Waals surface area contributed by atoms with Crippen molar-refractivity contribution in [1.82, 2.24) is 5.32 Å². The summed E-state index contributed by atoms with van der Waals surface area (Å²) in [6.07, 6.45) is 1.18. The summed E-state index contributed by atoms with van der Waals surface area (Å²) in [5.41, 5.74) is 2.89. The lowest BCUT2D eigenvalue weighted by Gasteiger charge is -2.21. The zero-order valence-corrected chi connectivity index (χ0v) is 12.0. The standard InChI is InChI=1S/C16H27N/c1-6-17-14(5)13(4)16-9-7-15(8-10-16)11-12(2)3/h7-10,12-14,17H,6,11H2,1-5H3. The fraction of sp³-hybridized carbons (Fsp3) is 0.625. The van der Waals surface area contributed by atoms with Gasteiger partial charge in [0.25, 0.3) is 0 Å². The molecule has 17 heavy (non-hydrogen) atoms. The van der Waals surface area contributed by atoms with Crippen LogP contribution in [0.25, 0.3) is 0 Å². The topological polar surface area (TPSA) is 12.0 Å². The summed E-state index contributed by atoms with van der Waals surface area (Å²) < 4.78 is 0. The second kappa shape index (κ2) is 6.80. The van der Waals surface area contributed by atoms with E-state index in [0.717, 1.165) is 12.5 Å². The van der Waals surface area contributed by atoms with E-state index < -0.39 is 0 Å². The Balaban J connectivity index is 2.66. The van der Waals surface area contributed by atoms with Gasteiger partial charge in [0.15, 0.2) is 0 Å². The first-order chi connectivity index (χ1) is 8.04. The highest BCUT2D eigenvalue weighted by atomic mass is 14.9. The van der Waals surface area contributed by atoms with Crippen molar-refractivity contribution in [2.75, 3.05) is 6.54 Å². The molecule has 2 atom stereocenters. The molecule has 0 aromatic heterocycles. The van der Waals surface area contributed by atoms with Crippen LogP contribution in [0.3, 0.4) is 0 Å². The fourth-order valence-electron chi connectivity index (χ4n) is 2.22. The maximum absolute atomic E-state index is 3.49. The van der Waals surface area contributed by atoms with Gasteiger partial charge in [-0.2, -0.15) is 0 Å². The zero-order chi connectivity index (χ0) is 12.8. The molecular formula is C16H27N. The van der Waals surface area contributed by atoms with E-state index in [1.54, 1.807) is 0 Å². The first-order valence-electron chi connectivity index (χ1n) is 6.86. The third-order valence-electron chi connectivity index (χ3n) is 3.43. The van der Waals surface area contributed by atoms with E-state index in [-0.39, 0.29) is 0 Å². The molecule has 1 N–H and O–H groups in total. The molecule has 1 heteroatoms. The van der Waals surface area contributed by atoms with Gasteiger partial charge in [0.2, 0.25) is 0 Å². The first-order valence-corrected chi connectivity index (χ1v) is 6.86. The smallest absolute Gasteiger partial charge is 0.0105 e. The van der Waals surface area contributed by atoms with Crippen LogP contribution in [0.5, 0.6) is 0 Å². The largest absolute Gasteiger partial charge is 0.314 e. The number of hydrogen-bond donors (Lipinski definition) is 1. The Labute approximate surface area is 107 Å². The molecule has 0 bridgehead atoms. The number of benzene rings is 1. The Kier molecular flexibility index (Phi) is 5.70. The predicted octanol–water partition coefficient (Wildman–Crippen LogP) is 3.99. The van der Waals surface area contributed by atoms with Crippen molar-refractivity contribution in [3.05, 3.63) is 35.4 Å². The van der Waals surface area contributed by atoms with Crippen LogP contribution in [-0.2, 0) is 6.42 Å². The van der Waals surface area contributed by atoms with E-state index in [0.29, 0.717) is 12.0 Å². The van der Waals surface area contributed by atoms with Crippen molar-refractivity contribution in [1.29, 1.82) is 0 Å². The van der Waals surface area contributed by atoms with Crippen LogP contribution in [0.2, 0.25) is 0 Å². The van der Waals surface area contributed by atoms with Gasteiger partial charge >= 0.3 is 0 Å². The van der Waals surface area contributed by atoms with Crippen LogP contribution in [0.4, 0.5) is 0 Å². The van der Waals surface area contributed by atoms with Crippen LogP contribution in [0.15, 0.2) is 24.3 Å². The lowest BCUT2D eigenvalue weighted by molar-refractivity contribution is 0.495. The van der Waals surface area contributed by atoms with Gasteiger partial charge in [-0.1, -0.05) is 52.0 Å². The molecule has 96 valence electrons. The summed E-state index contributed by atoms with van der Waals surface area (Å²) in [7, 11) is 0. The monoisotopic (exact) mass is 233 g/mol. The number of rotatable bonds is 6. The van der Waals surface area contributed by atoms with Crippen molar-refractivity contribution >= 4 is 0 Å². The number of likely N-dealkylation sites (N-methyl/N-ethyl adjacent to an activating group) is 1. The van der Waals surface area contributed by atoms with E-state index in [1.165, 1.54) is 17.5 Å². The van der Waals surface area contributed by atoms with Crippen molar-refractivity contribution in [2.45, 2.75) is 53.0 Å². The van der Waals surface area contributed by atoms with E-state index in [1.807, 2.05) is 0 Å². The highest BCUT2D eigenvalue weighted by Crippen LogP contribution is 2.20. The minimum absolute atomic E-state index is 0.538. The molecule has 1 rings (SSSR count). The van der Waals surface area contributed by atoms with Gasteiger partial charge in [-0.25, -0.2) is 0 Å². The van der Waals surface area contributed by atoms with Crippen LogP contribution >= 0.6 is 0 Å². The Hall–Kier alpha value is -0.820. The Morgan fingerprint density at radius 1 is 1.00 bits per heavy atom. The average Bonchev–Trinajstić information content (AvgIpc) is 2.28. The molecule has 0 saturated heterocycles. The van der Waals surface area contributed by atoms with Crippen molar-refractivity contribution < 1.29 is 0 Å². The van der Waals surface area contributed by atoms with E-state index in [9.17, 15) is 0 Å². The second-order valence-corrected chi connectivity index (χ2v) is 5.47. The van der Waals surface area contributed by atoms with Gasteiger partial charge in [-0.3, -0.25) is 0 Å². The molecule has 0 heterocycles. The molecule has 0 fully saturated rings. The molecular weight excluding hydrogens is 206 g/mol. The minimum atomic E-state index is 0.538. The molecule has 1 nitrogen and oxygen atoms in total. The summed E-state index contributed by atoms with van der Waals surface area (Å²) in [5, 5.41) is 3.49. The summed E-state index contributed by atoms with van der Waals surface area (Å²) in [6, 6.07) is 9.68. The second-order valence-electron chi connectivity index (χ2n) is 5.47. The molecule has 0 saturated carbocycles. The molecule has 0 aliphatic rings. The Morgan fingerprint density at radius 2 is 1.59 bits per heavy atom. The molecule has 0 aliphatic heterocycles. The lowest BCUT2D eigenvalue weighted by atomic mass is 9.92. The summed E-state index contributed by atoms with van der Waals surface area (Å²) in [6.45, 7) is 12.3. The van der Waals surface area contributed by atoms with Gasteiger partial charge in [0.1, 0.15) is 0 Å². The highest BCUT2D eigenvalue weighted by molar-refractivity contribution is 5.26. The number of hydrogen-bond acceptors (Lipinski definition) is 1. The third-order valence-corrected chi connectivity index (χ3v) is 3.43. The normalized spacial score (nSPS) is 14.9. The minimum Gasteiger partial charge on any atom is -0.314 e. The SMILES string of the molecule is CCNC(C)C(C)c1ccc(CC(C)C)cc1. The highest BCUT2D eigenvalue weighted by Gasteiger charge is 2.12. The van der Waals surface area contributed by atoms with E-state index in [2.05, 4.69) is 64.2 Å². The predicted molar refractivity (Wildman–Crippen MR) is 76.5 cm³/mol. The van der Waals surface area contributed by atoms with Crippen molar-refractivity contribution in [3.63, 3.8) is 0 Å².